The summed E-state index contributed by atoms with van der Waals surface area (Å²) in [6.07, 6.45) is 26.4. The first kappa shape index (κ1) is 84.8. The number of nitrogens with one attached hydrogen (secondary N) is 6. The molecule has 13 rings (SSSR count). The first-order chi connectivity index (χ1) is 51.6. The van der Waals surface area contributed by atoms with Crippen LogP contribution in [0.25, 0.3) is 0 Å². The topological polar surface area (TPSA) is 223 Å². The molecular formula is C88H117BrClFN6O10. The minimum Gasteiger partial charge on any atom is -0.496 e. The molecule has 6 aromatic rings. The standard InChI is InChI=1S/C16H21NO3.2C15H21NO2.C14H18BrNO.C14H18ClNO.C14H18FNO/c1-11(18)17-14-4-2-3-12(9-14)13-5-6-15-16(10-13)20-8-7-19-15;1-11(17)16-13-7-5-6-12(10-13)14-8-3-4-9-15(14)18-2;1-11(18)16-15-4-2-3-14(9-15)13-7-5-12(10-17)6-8-13;1-10(17)16-12-6-4-5-11(9-12)13-7-2-3-8-14(13)15;1-10(17)16-14-4-2-3-12(9-14)11-5-7-13(15)8-6-11;1-10(17)16-12-6-4-5-11(9-12)13-7-2-3-8-14(13)15/h5-6,10,12,14H,2-4,7-9H2,1H3,(H,17,18);3-4,8-9,12-13H,5-7,10H2,1-2H3,(H,16,17);5-8,14-15,17H,2-4,9-10H2,1H3,(H,16,18);2-3,7-8,11-12H,4-6,9H2,1H3,(H,16,17);5-8,12,14H,2-4,9H2,1H3,(H,16,17);2-3,7-8,11-12H,4-6,9H2,1H3,(H,16,17)/t12-,14+;12-,13+;14-,15+;11-,12+;12-,14+;11-,12+/m111111/s1. The number of aliphatic hydroxyl groups is 1. The molecule has 6 amide bonds. The highest BCUT2D eigenvalue weighted by molar-refractivity contribution is 9.10. The molecule has 0 aromatic heterocycles. The molecule has 1 heterocycles. The van der Waals surface area contributed by atoms with Gasteiger partial charge in [-0.15, -0.1) is 0 Å². The molecule has 6 aromatic carbocycles. The summed E-state index contributed by atoms with van der Waals surface area (Å²) >= 11 is 9.51. The third-order valence-corrected chi connectivity index (χ3v) is 22.7. The van der Waals surface area contributed by atoms with Crippen LogP contribution < -0.4 is 46.1 Å². The number of aliphatic hydroxyl groups excluding tert-OH is 1. The summed E-state index contributed by atoms with van der Waals surface area (Å²) in [7, 11) is 1.72. The van der Waals surface area contributed by atoms with Crippen molar-refractivity contribution in [2.45, 2.75) is 274 Å². The Morgan fingerprint density at radius 3 is 1.14 bits per heavy atom. The number of ether oxygens (including phenoxy) is 3. The normalized spacial score (nSPS) is 24.2. The molecule has 107 heavy (non-hydrogen) atoms. The van der Waals surface area contributed by atoms with Crippen molar-refractivity contribution < 1.29 is 52.5 Å². The van der Waals surface area contributed by atoms with Crippen LogP contribution in [0.4, 0.5) is 4.39 Å². The molecule has 6 saturated carbocycles. The molecule has 12 atom stereocenters. The number of hydrogen-bond donors (Lipinski definition) is 7. The zero-order chi connectivity index (χ0) is 76.6. The van der Waals surface area contributed by atoms with Gasteiger partial charge in [0.15, 0.2) is 11.5 Å². The van der Waals surface area contributed by atoms with E-state index in [9.17, 15) is 33.2 Å². The van der Waals surface area contributed by atoms with Crippen molar-refractivity contribution in [3.63, 3.8) is 0 Å². The second-order valence-electron chi connectivity index (χ2n) is 30.2. The van der Waals surface area contributed by atoms with E-state index in [4.69, 9.17) is 30.9 Å². The number of carbonyl (C=O) groups is 6. The van der Waals surface area contributed by atoms with Crippen LogP contribution >= 0.6 is 27.5 Å². The fourth-order valence-electron chi connectivity index (χ4n) is 17.0. The lowest BCUT2D eigenvalue weighted by Gasteiger charge is -2.30. The Kier molecular flexibility index (Phi) is 35.4. The average molecular weight is 1550 g/mol. The van der Waals surface area contributed by atoms with Crippen molar-refractivity contribution in [2.75, 3.05) is 20.3 Å². The van der Waals surface area contributed by atoms with Gasteiger partial charge in [-0.1, -0.05) is 163 Å². The van der Waals surface area contributed by atoms with Gasteiger partial charge in [0.1, 0.15) is 24.8 Å². The first-order valence-electron chi connectivity index (χ1n) is 39.2. The molecule has 19 heteroatoms. The predicted molar refractivity (Wildman–Crippen MR) is 428 cm³/mol. The monoisotopic (exact) mass is 1550 g/mol. The third kappa shape index (κ3) is 28.9. The summed E-state index contributed by atoms with van der Waals surface area (Å²) in [5, 5.41) is 27.9. The van der Waals surface area contributed by atoms with E-state index in [1.807, 2.05) is 60.7 Å². The zero-order valence-corrected chi connectivity index (χ0v) is 66.4. The van der Waals surface area contributed by atoms with Gasteiger partial charge in [-0.2, -0.15) is 0 Å². The second kappa shape index (κ2) is 44.6. The number of hydrogen-bond acceptors (Lipinski definition) is 10. The summed E-state index contributed by atoms with van der Waals surface area (Å²) in [5.41, 5.74) is 8.35. The van der Waals surface area contributed by atoms with Crippen LogP contribution in [-0.4, -0.2) is 97.1 Å². The van der Waals surface area contributed by atoms with Crippen molar-refractivity contribution in [3.8, 4) is 17.2 Å². The number of carbonyl (C=O) groups excluding carboxylic acids is 6. The van der Waals surface area contributed by atoms with E-state index in [2.05, 4.69) is 115 Å². The number of benzene rings is 6. The van der Waals surface area contributed by atoms with Gasteiger partial charge in [0, 0.05) is 87.3 Å². The van der Waals surface area contributed by atoms with E-state index >= 15 is 0 Å². The highest BCUT2D eigenvalue weighted by Gasteiger charge is 2.31. The van der Waals surface area contributed by atoms with Crippen LogP contribution in [0, 0.1) is 5.82 Å². The molecule has 1 aliphatic heterocycles. The van der Waals surface area contributed by atoms with E-state index < -0.39 is 0 Å². The van der Waals surface area contributed by atoms with Gasteiger partial charge in [-0.25, -0.2) is 4.39 Å². The first-order valence-corrected chi connectivity index (χ1v) is 40.4. The Morgan fingerprint density at radius 2 is 0.738 bits per heavy atom. The second-order valence-corrected chi connectivity index (χ2v) is 31.5. The average Bonchev–Trinajstić information content (AvgIpc) is 0.832. The smallest absolute Gasteiger partial charge is 0.217 e. The molecule has 0 radical (unpaired) electrons. The lowest BCUT2D eigenvalue weighted by atomic mass is 9.81. The summed E-state index contributed by atoms with van der Waals surface area (Å²) < 4.78 is 31.5. The Morgan fingerprint density at radius 1 is 0.411 bits per heavy atom. The van der Waals surface area contributed by atoms with Crippen molar-refractivity contribution >= 4 is 63.0 Å². The van der Waals surface area contributed by atoms with Crippen molar-refractivity contribution in [2.24, 2.45) is 0 Å². The molecule has 0 saturated heterocycles. The number of amides is 6. The third-order valence-electron chi connectivity index (χ3n) is 21.8. The van der Waals surface area contributed by atoms with E-state index in [1.54, 1.807) is 47.8 Å². The quantitative estimate of drug-likeness (QED) is 0.0546. The summed E-state index contributed by atoms with van der Waals surface area (Å²) in [4.78, 5) is 66.7. The lowest BCUT2D eigenvalue weighted by molar-refractivity contribution is -0.120. The Hall–Kier alpha value is -7.80. The highest BCUT2D eigenvalue weighted by atomic mass is 79.9. The molecule has 7 N–H and O–H groups in total. The Balaban J connectivity index is 0.000000162. The van der Waals surface area contributed by atoms with Crippen LogP contribution in [0.15, 0.2) is 144 Å². The van der Waals surface area contributed by atoms with Crippen LogP contribution in [-0.2, 0) is 35.4 Å². The minimum absolute atomic E-state index is 0.00387. The highest BCUT2D eigenvalue weighted by Crippen LogP contribution is 2.42. The number of para-hydroxylation sites is 1. The maximum absolute atomic E-state index is 13.7. The number of halogens is 3. The van der Waals surface area contributed by atoms with Crippen molar-refractivity contribution in [1.29, 1.82) is 0 Å². The van der Waals surface area contributed by atoms with Gasteiger partial charge in [0.05, 0.1) is 13.7 Å². The largest absolute Gasteiger partial charge is 0.496 e. The van der Waals surface area contributed by atoms with Crippen LogP contribution in [0.1, 0.15) is 270 Å². The zero-order valence-electron chi connectivity index (χ0n) is 64.1. The maximum Gasteiger partial charge on any atom is 0.217 e. The molecule has 0 unspecified atom stereocenters. The molecule has 580 valence electrons. The molecule has 0 spiro atoms. The summed E-state index contributed by atoms with van der Waals surface area (Å²) in [6.45, 7) is 10.8. The minimum atomic E-state index is -0.124. The van der Waals surface area contributed by atoms with Crippen LogP contribution in [0.5, 0.6) is 17.2 Å². The molecule has 6 fully saturated rings. The fourth-order valence-corrected chi connectivity index (χ4v) is 17.7. The summed E-state index contributed by atoms with van der Waals surface area (Å²) in [6, 6.07) is 47.9. The number of methoxy groups -OCH3 is 1. The van der Waals surface area contributed by atoms with E-state index in [0.29, 0.717) is 73.0 Å². The predicted octanol–water partition coefficient (Wildman–Crippen LogP) is 17.9. The molecule has 0 bridgehead atoms. The number of fused-ring (bicyclic) bond motifs is 1. The SMILES string of the molecule is CC(=O)N[C@H]1CCC[C@@H](c2ccc(CO)cc2)C1.CC(=O)N[C@H]1CCC[C@@H](c2ccc(Cl)cc2)C1.CC(=O)N[C@H]1CCC[C@@H](c2ccc3c(c2)OCCO3)C1.CC(=O)N[C@H]1CCC[C@@H](c2ccccc2Br)C1.CC(=O)N[C@H]1CCC[C@@H](c2ccccc2F)C1.COc1ccccc1[C@@H]1CCC[C@H](NC(C)=O)C1. The van der Waals surface area contributed by atoms with Crippen molar-refractivity contribution in [1.82, 2.24) is 31.9 Å². The van der Waals surface area contributed by atoms with Gasteiger partial charge in [-0.3, -0.25) is 28.8 Å². The van der Waals surface area contributed by atoms with Gasteiger partial charge >= 0.3 is 0 Å². The van der Waals surface area contributed by atoms with Crippen molar-refractivity contribution in [3.05, 3.63) is 194 Å². The summed E-state index contributed by atoms with van der Waals surface area (Å²) in [5.74, 6) is 5.78. The lowest BCUT2D eigenvalue weighted by Crippen LogP contribution is -2.36. The fraction of sp³-hybridized carbons (Fsp3) is 0.523. The van der Waals surface area contributed by atoms with E-state index in [-0.39, 0.29) is 59.8 Å². The molecule has 6 aliphatic carbocycles. The van der Waals surface area contributed by atoms with Gasteiger partial charge in [-0.05, 0) is 232 Å². The van der Waals surface area contributed by atoms with Crippen LogP contribution in [0.3, 0.4) is 0 Å². The van der Waals surface area contributed by atoms with E-state index in [1.165, 1.54) is 90.2 Å². The van der Waals surface area contributed by atoms with Gasteiger partial charge in [0.2, 0.25) is 35.4 Å². The van der Waals surface area contributed by atoms with E-state index in [0.717, 1.165) is 143 Å². The molecule has 16 nitrogen and oxygen atoms in total. The van der Waals surface area contributed by atoms with Crippen LogP contribution in [0.2, 0.25) is 5.02 Å². The molecular weight excluding hydrogens is 1440 g/mol. The Labute approximate surface area is 648 Å². The number of rotatable bonds is 14. The van der Waals surface area contributed by atoms with Gasteiger partial charge < -0.3 is 51.2 Å². The van der Waals surface area contributed by atoms with Gasteiger partial charge in [0.25, 0.3) is 0 Å². The molecule has 7 aliphatic rings. The Bertz CT molecular complexity index is 3690. The maximum atomic E-state index is 13.7.